The predicted octanol–water partition coefficient (Wildman–Crippen LogP) is 3.81. The maximum atomic E-state index is 12.6. The van der Waals surface area contributed by atoms with Crippen molar-refractivity contribution in [1.82, 2.24) is 9.47 Å². The molecule has 0 unspecified atom stereocenters. The molecule has 0 radical (unpaired) electrons. The van der Waals surface area contributed by atoms with Crippen molar-refractivity contribution in [1.29, 1.82) is 0 Å². The molecule has 0 spiro atoms. The average molecular weight is 344 g/mol. The van der Waals surface area contributed by atoms with Gasteiger partial charge in [0.1, 0.15) is 0 Å². The quantitative estimate of drug-likeness (QED) is 0.706. The highest BCUT2D eigenvalue weighted by Gasteiger charge is 2.30. The molecule has 0 saturated carbocycles. The van der Waals surface area contributed by atoms with Gasteiger partial charge in [0.2, 0.25) is 0 Å². The highest BCUT2D eigenvalue weighted by molar-refractivity contribution is 5.78. The molecule has 1 aliphatic heterocycles. The van der Waals surface area contributed by atoms with Crippen LogP contribution in [0.5, 0.6) is 0 Å². The van der Waals surface area contributed by atoms with E-state index in [9.17, 15) is 4.79 Å². The van der Waals surface area contributed by atoms with Gasteiger partial charge in [-0.2, -0.15) is 0 Å². The molecule has 2 aliphatic rings. The lowest BCUT2D eigenvalue weighted by atomic mass is 10.0. The third-order valence-electron chi connectivity index (χ3n) is 6.25. The van der Waals surface area contributed by atoms with E-state index in [1.165, 1.54) is 24.0 Å². The molecule has 1 aromatic heterocycles. The van der Waals surface area contributed by atoms with Crippen LogP contribution >= 0.6 is 0 Å². The average Bonchev–Trinajstić information content (AvgIpc) is 3.12. The summed E-state index contributed by atoms with van der Waals surface area (Å²) in [6, 6.07) is 21.7. The van der Waals surface area contributed by atoms with E-state index in [1.807, 2.05) is 22.8 Å². The Bertz CT molecular complexity index is 973. The monoisotopic (exact) mass is 344 g/mol. The van der Waals surface area contributed by atoms with Crippen LogP contribution in [0, 0.1) is 0 Å². The number of hydrogen-bond donors (Lipinski definition) is 0. The van der Waals surface area contributed by atoms with E-state index in [0.29, 0.717) is 12.1 Å². The number of benzene rings is 2. The molecule has 1 aliphatic carbocycles. The van der Waals surface area contributed by atoms with Crippen LogP contribution in [0.1, 0.15) is 30.0 Å². The molecular weight excluding hydrogens is 320 g/mol. The lowest BCUT2D eigenvalue weighted by Gasteiger charge is -2.37. The lowest BCUT2D eigenvalue weighted by Crippen LogP contribution is -2.43. The largest absolute Gasteiger partial charge is 0.305 e. The minimum absolute atomic E-state index is 0.135. The van der Waals surface area contributed by atoms with Crippen molar-refractivity contribution in [3.63, 3.8) is 0 Å². The van der Waals surface area contributed by atoms with Crippen LogP contribution < -0.4 is 5.56 Å². The summed E-state index contributed by atoms with van der Waals surface area (Å²) in [6.45, 7) is 2.16. The summed E-state index contributed by atoms with van der Waals surface area (Å²) in [6.07, 6.45) is 4.46. The number of aromatic nitrogens is 1. The molecule has 0 N–H and O–H groups in total. The number of pyridine rings is 1. The summed E-state index contributed by atoms with van der Waals surface area (Å²) < 4.78 is 2.04. The molecule has 3 nitrogen and oxygen atoms in total. The summed E-state index contributed by atoms with van der Waals surface area (Å²) in [5.74, 6) is 0. The van der Waals surface area contributed by atoms with Crippen molar-refractivity contribution in [3.05, 3.63) is 82.1 Å². The van der Waals surface area contributed by atoms with Crippen LogP contribution in [0.25, 0.3) is 10.9 Å². The van der Waals surface area contributed by atoms with Crippen molar-refractivity contribution < 1.29 is 0 Å². The van der Waals surface area contributed by atoms with Gasteiger partial charge in [-0.1, -0.05) is 42.5 Å². The van der Waals surface area contributed by atoms with Gasteiger partial charge in [-0.3, -0.25) is 9.69 Å². The number of nitrogens with zero attached hydrogens (tertiary/aromatic N) is 2. The molecule has 0 bridgehead atoms. The standard InChI is InChI=1S/C23H24N2O/c26-23-10-9-17-5-3-4-8-22(17)25(23)20-11-13-24(14-12-20)21-15-18-6-1-2-7-19(18)16-21/h1-10,20-21H,11-16H2. The second-order valence-corrected chi connectivity index (χ2v) is 7.70. The highest BCUT2D eigenvalue weighted by atomic mass is 16.1. The van der Waals surface area contributed by atoms with Crippen molar-refractivity contribution >= 4 is 10.9 Å². The number of rotatable bonds is 2. The van der Waals surface area contributed by atoms with Crippen molar-refractivity contribution in [2.75, 3.05) is 13.1 Å². The van der Waals surface area contributed by atoms with Gasteiger partial charge in [-0.25, -0.2) is 0 Å². The van der Waals surface area contributed by atoms with Crippen LogP contribution in [0.4, 0.5) is 0 Å². The van der Waals surface area contributed by atoms with Gasteiger partial charge in [0.15, 0.2) is 0 Å². The number of para-hydroxylation sites is 1. The molecular formula is C23H24N2O. The van der Waals surface area contributed by atoms with Gasteiger partial charge in [-0.05, 0) is 54.3 Å². The van der Waals surface area contributed by atoms with E-state index in [0.717, 1.165) is 36.8 Å². The normalized spacial score (nSPS) is 19.1. The number of piperidine rings is 1. The maximum absolute atomic E-state index is 12.6. The fourth-order valence-corrected chi connectivity index (χ4v) is 4.89. The van der Waals surface area contributed by atoms with Crippen molar-refractivity contribution in [2.24, 2.45) is 0 Å². The van der Waals surface area contributed by atoms with Crippen LogP contribution in [0.3, 0.4) is 0 Å². The van der Waals surface area contributed by atoms with E-state index in [1.54, 1.807) is 6.07 Å². The first kappa shape index (κ1) is 15.8. The SMILES string of the molecule is O=c1ccc2ccccc2n1C1CCN(C2Cc3ccccc3C2)CC1. The number of fused-ring (bicyclic) bond motifs is 2. The molecule has 2 heterocycles. The summed E-state index contributed by atoms with van der Waals surface area (Å²) in [4.78, 5) is 15.2. The Hall–Kier alpha value is -2.39. The van der Waals surface area contributed by atoms with Crippen LogP contribution in [0.15, 0.2) is 65.5 Å². The molecule has 5 rings (SSSR count). The summed E-state index contributed by atoms with van der Waals surface area (Å²) in [5, 5.41) is 1.15. The molecule has 3 heteroatoms. The van der Waals surface area contributed by atoms with Crippen LogP contribution in [-0.2, 0) is 12.8 Å². The van der Waals surface area contributed by atoms with E-state index < -0.39 is 0 Å². The van der Waals surface area contributed by atoms with Crippen LogP contribution in [-0.4, -0.2) is 28.6 Å². The van der Waals surface area contributed by atoms with Gasteiger partial charge in [-0.15, -0.1) is 0 Å². The lowest BCUT2D eigenvalue weighted by molar-refractivity contribution is 0.138. The Morgan fingerprint density at radius 3 is 2.12 bits per heavy atom. The molecule has 1 saturated heterocycles. The summed E-state index contributed by atoms with van der Waals surface area (Å²) >= 11 is 0. The van der Waals surface area contributed by atoms with Gasteiger partial charge >= 0.3 is 0 Å². The predicted molar refractivity (Wildman–Crippen MR) is 106 cm³/mol. The minimum Gasteiger partial charge on any atom is -0.305 e. The van der Waals surface area contributed by atoms with E-state index in [4.69, 9.17) is 0 Å². The first-order valence-electron chi connectivity index (χ1n) is 9.71. The van der Waals surface area contributed by atoms with Crippen molar-refractivity contribution in [2.45, 2.75) is 37.8 Å². The van der Waals surface area contributed by atoms with E-state index in [2.05, 4.69) is 41.3 Å². The zero-order valence-corrected chi connectivity index (χ0v) is 15.0. The third-order valence-corrected chi connectivity index (χ3v) is 6.25. The highest BCUT2D eigenvalue weighted by Crippen LogP contribution is 2.30. The van der Waals surface area contributed by atoms with Gasteiger partial charge in [0.25, 0.3) is 5.56 Å². The summed E-state index contributed by atoms with van der Waals surface area (Å²) in [7, 11) is 0. The molecule has 1 fully saturated rings. The van der Waals surface area contributed by atoms with Gasteiger partial charge in [0.05, 0.1) is 5.52 Å². The zero-order chi connectivity index (χ0) is 17.5. The first-order valence-corrected chi connectivity index (χ1v) is 9.71. The molecule has 3 aromatic rings. The summed E-state index contributed by atoms with van der Waals surface area (Å²) in [5.41, 5.74) is 4.25. The van der Waals surface area contributed by atoms with Crippen LogP contribution in [0.2, 0.25) is 0 Å². The van der Waals surface area contributed by atoms with Crippen molar-refractivity contribution in [3.8, 4) is 0 Å². The van der Waals surface area contributed by atoms with Gasteiger partial charge < -0.3 is 4.57 Å². The van der Waals surface area contributed by atoms with E-state index >= 15 is 0 Å². The molecule has 2 aromatic carbocycles. The fraction of sp³-hybridized carbons (Fsp3) is 0.348. The Labute approximate surface area is 153 Å². The zero-order valence-electron chi connectivity index (χ0n) is 15.0. The molecule has 132 valence electrons. The second kappa shape index (κ2) is 6.40. The minimum atomic E-state index is 0.135. The Morgan fingerprint density at radius 1 is 0.731 bits per heavy atom. The molecule has 0 atom stereocenters. The topological polar surface area (TPSA) is 25.2 Å². The van der Waals surface area contributed by atoms with Gasteiger partial charge in [0, 0.05) is 31.2 Å². The fourth-order valence-electron chi connectivity index (χ4n) is 4.89. The maximum Gasteiger partial charge on any atom is 0.251 e. The molecule has 26 heavy (non-hydrogen) atoms. The number of likely N-dealkylation sites (tertiary alicyclic amines) is 1. The Kier molecular flexibility index (Phi) is 3.90. The third kappa shape index (κ3) is 2.67. The smallest absolute Gasteiger partial charge is 0.251 e. The first-order chi connectivity index (χ1) is 12.8. The van der Waals surface area contributed by atoms with E-state index in [-0.39, 0.29) is 5.56 Å². The number of hydrogen-bond acceptors (Lipinski definition) is 2. The second-order valence-electron chi connectivity index (χ2n) is 7.70. The molecule has 0 amide bonds. The Balaban J connectivity index is 1.34. The Morgan fingerprint density at radius 2 is 1.38 bits per heavy atom.